The number of benzene rings is 1. The van der Waals surface area contributed by atoms with Gasteiger partial charge in [0.15, 0.2) is 5.82 Å². The van der Waals surface area contributed by atoms with Crippen molar-refractivity contribution in [1.29, 1.82) is 0 Å². The maximum atomic E-state index is 4.56. The first-order valence-corrected chi connectivity index (χ1v) is 7.14. The molecule has 0 aliphatic carbocycles. The van der Waals surface area contributed by atoms with E-state index >= 15 is 0 Å². The highest BCUT2D eigenvalue weighted by Crippen LogP contribution is 2.24. The summed E-state index contributed by atoms with van der Waals surface area (Å²) in [5.74, 6) is 0.680. The molecule has 0 spiro atoms. The molecule has 0 aliphatic heterocycles. The summed E-state index contributed by atoms with van der Waals surface area (Å²) in [4.78, 5) is 13.4. The fourth-order valence-electron chi connectivity index (χ4n) is 2.04. The third kappa shape index (κ3) is 2.24. The Morgan fingerprint density at radius 1 is 1.11 bits per heavy atom. The van der Waals surface area contributed by atoms with Crippen molar-refractivity contribution in [3.8, 4) is 11.5 Å². The van der Waals surface area contributed by atoms with Crippen molar-refractivity contribution >= 4 is 26.7 Å². The average Bonchev–Trinajstić information content (AvgIpc) is 2.46. The van der Waals surface area contributed by atoms with Crippen molar-refractivity contribution in [2.24, 2.45) is 0 Å². The van der Waals surface area contributed by atoms with Crippen molar-refractivity contribution in [1.82, 2.24) is 15.0 Å². The van der Waals surface area contributed by atoms with Gasteiger partial charge in [-0.3, -0.25) is 4.98 Å². The molecular formula is C15H12BrN3. The molecule has 0 fully saturated rings. The van der Waals surface area contributed by atoms with Crippen LogP contribution >= 0.6 is 15.9 Å². The fraction of sp³-hybridized carbons (Fsp3) is 0.133. The number of hydrogen-bond acceptors (Lipinski definition) is 3. The molecule has 0 N–H and O–H groups in total. The number of fused-ring (bicyclic) bond motifs is 1. The highest BCUT2D eigenvalue weighted by molar-refractivity contribution is 9.08. The molecule has 0 atom stereocenters. The van der Waals surface area contributed by atoms with Gasteiger partial charge < -0.3 is 0 Å². The Kier molecular flexibility index (Phi) is 3.25. The molecule has 0 unspecified atom stereocenters. The largest absolute Gasteiger partial charge is 0.252 e. The van der Waals surface area contributed by atoms with Gasteiger partial charge in [-0.1, -0.05) is 40.2 Å². The van der Waals surface area contributed by atoms with E-state index in [-0.39, 0.29) is 0 Å². The van der Waals surface area contributed by atoms with Crippen LogP contribution < -0.4 is 0 Å². The zero-order valence-electron chi connectivity index (χ0n) is 10.5. The third-order valence-electron chi connectivity index (χ3n) is 3.11. The molecule has 4 heteroatoms. The number of alkyl halides is 1. The van der Waals surface area contributed by atoms with Gasteiger partial charge in [0, 0.05) is 34.4 Å². The second-order valence-corrected chi connectivity index (χ2v) is 4.88. The van der Waals surface area contributed by atoms with Gasteiger partial charge in [0.2, 0.25) is 0 Å². The summed E-state index contributed by atoms with van der Waals surface area (Å²) in [6.07, 6.45) is 3.66. The van der Waals surface area contributed by atoms with Crippen LogP contribution in [0.2, 0.25) is 0 Å². The highest BCUT2D eigenvalue weighted by atomic mass is 79.9. The smallest absolute Gasteiger partial charge is 0.179 e. The van der Waals surface area contributed by atoms with E-state index in [1.165, 1.54) is 0 Å². The lowest BCUT2D eigenvalue weighted by Crippen LogP contribution is -1.98. The Hall–Kier alpha value is -1.81. The molecule has 1 aromatic carbocycles. The zero-order valence-corrected chi connectivity index (χ0v) is 12.1. The second kappa shape index (κ2) is 5.05. The van der Waals surface area contributed by atoms with Crippen LogP contribution in [-0.4, -0.2) is 15.0 Å². The summed E-state index contributed by atoms with van der Waals surface area (Å²) in [5.41, 5.74) is 2.92. The molecule has 3 rings (SSSR count). The van der Waals surface area contributed by atoms with E-state index < -0.39 is 0 Å². The van der Waals surface area contributed by atoms with Gasteiger partial charge in [-0.05, 0) is 18.4 Å². The molecular weight excluding hydrogens is 302 g/mol. The van der Waals surface area contributed by atoms with Gasteiger partial charge in [0.1, 0.15) is 5.69 Å². The third-order valence-corrected chi connectivity index (χ3v) is 3.71. The van der Waals surface area contributed by atoms with Gasteiger partial charge in [0.25, 0.3) is 0 Å². The van der Waals surface area contributed by atoms with Crippen LogP contribution in [0.4, 0.5) is 0 Å². The van der Waals surface area contributed by atoms with Crippen LogP contribution in [0, 0.1) is 6.92 Å². The first kappa shape index (κ1) is 12.2. The Labute approximate surface area is 119 Å². The van der Waals surface area contributed by atoms with E-state index in [0.717, 1.165) is 33.1 Å². The van der Waals surface area contributed by atoms with Crippen molar-refractivity contribution < 1.29 is 0 Å². The van der Waals surface area contributed by atoms with Crippen molar-refractivity contribution in [2.75, 3.05) is 0 Å². The molecule has 2 aromatic heterocycles. The quantitative estimate of drug-likeness (QED) is 0.674. The molecule has 0 saturated carbocycles. The van der Waals surface area contributed by atoms with Crippen molar-refractivity contribution in [3.63, 3.8) is 0 Å². The topological polar surface area (TPSA) is 38.7 Å². The monoisotopic (exact) mass is 313 g/mol. The number of aromatic nitrogens is 3. The maximum Gasteiger partial charge on any atom is 0.179 e. The lowest BCUT2D eigenvalue weighted by Gasteiger charge is -2.06. The van der Waals surface area contributed by atoms with Gasteiger partial charge in [-0.15, -0.1) is 0 Å². The normalized spacial score (nSPS) is 10.8. The van der Waals surface area contributed by atoms with E-state index in [4.69, 9.17) is 0 Å². The molecule has 3 aromatic rings. The standard InChI is InChI=1S/C15H12BrN3/c1-10-12(8-16)9-18-15(19-10)14-13-5-3-2-4-11(13)6-7-17-14/h2-7,9H,8H2,1H3. The lowest BCUT2D eigenvalue weighted by molar-refractivity contribution is 1.05. The van der Waals surface area contributed by atoms with E-state index in [1.54, 1.807) is 6.20 Å². The average molecular weight is 314 g/mol. The number of rotatable bonds is 2. The minimum absolute atomic E-state index is 0.680. The van der Waals surface area contributed by atoms with Crippen LogP contribution in [0.5, 0.6) is 0 Å². The number of pyridine rings is 1. The predicted molar refractivity (Wildman–Crippen MR) is 80.1 cm³/mol. The Morgan fingerprint density at radius 2 is 1.95 bits per heavy atom. The van der Waals surface area contributed by atoms with Crippen molar-refractivity contribution in [3.05, 3.63) is 54.0 Å². The maximum absolute atomic E-state index is 4.56. The van der Waals surface area contributed by atoms with E-state index in [2.05, 4.69) is 43.0 Å². The molecule has 0 amide bonds. The van der Waals surface area contributed by atoms with Crippen LogP contribution in [-0.2, 0) is 5.33 Å². The SMILES string of the molecule is Cc1nc(-c2nccc3ccccc23)ncc1CBr. The van der Waals surface area contributed by atoms with E-state index in [1.807, 2.05) is 31.3 Å². The molecule has 0 saturated heterocycles. The van der Waals surface area contributed by atoms with E-state index in [0.29, 0.717) is 5.82 Å². The minimum atomic E-state index is 0.680. The Bertz CT molecular complexity index is 735. The van der Waals surface area contributed by atoms with Gasteiger partial charge in [-0.25, -0.2) is 9.97 Å². The van der Waals surface area contributed by atoms with Crippen LogP contribution in [0.25, 0.3) is 22.3 Å². The second-order valence-electron chi connectivity index (χ2n) is 4.32. The minimum Gasteiger partial charge on any atom is -0.252 e. The molecule has 3 nitrogen and oxygen atoms in total. The lowest BCUT2D eigenvalue weighted by atomic mass is 10.1. The van der Waals surface area contributed by atoms with Crippen LogP contribution in [0.1, 0.15) is 11.3 Å². The summed E-state index contributed by atoms with van der Waals surface area (Å²) < 4.78 is 0. The van der Waals surface area contributed by atoms with Gasteiger partial charge in [-0.2, -0.15) is 0 Å². The van der Waals surface area contributed by atoms with E-state index in [9.17, 15) is 0 Å². The molecule has 0 aliphatic rings. The van der Waals surface area contributed by atoms with Crippen LogP contribution in [0.15, 0.2) is 42.7 Å². The fourth-order valence-corrected chi connectivity index (χ4v) is 2.59. The molecule has 0 bridgehead atoms. The Morgan fingerprint density at radius 3 is 2.74 bits per heavy atom. The summed E-state index contributed by atoms with van der Waals surface area (Å²) in [6, 6.07) is 10.1. The summed E-state index contributed by atoms with van der Waals surface area (Å²) in [6.45, 7) is 1.99. The van der Waals surface area contributed by atoms with Crippen LogP contribution in [0.3, 0.4) is 0 Å². The summed E-state index contributed by atoms with van der Waals surface area (Å²) in [7, 11) is 0. The summed E-state index contributed by atoms with van der Waals surface area (Å²) >= 11 is 3.43. The van der Waals surface area contributed by atoms with Gasteiger partial charge >= 0.3 is 0 Å². The zero-order chi connectivity index (χ0) is 13.2. The molecule has 19 heavy (non-hydrogen) atoms. The Balaban J connectivity index is 2.22. The van der Waals surface area contributed by atoms with Crippen molar-refractivity contribution in [2.45, 2.75) is 12.3 Å². The number of aryl methyl sites for hydroxylation is 1. The first-order chi connectivity index (χ1) is 9.29. The predicted octanol–water partition coefficient (Wildman–Crippen LogP) is 3.90. The van der Waals surface area contributed by atoms with Gasteiger partial charge in [0.05, 0.1) is 0 Å². The first-order valence-electron chi connectivity index (χ1n) is 6.02. The number of hydrogen-bond donors (Lipinski definition) is 0. The number of nitrogens with zero attached hydrogens (tertiary/aromatic N) is 3. The molecule has 94 valence electrons. The molecule has 0 radical (unpaired) electrons. The molecule has 2 heterocycles. The summed E-state index contributed by atoms with van der Waals surface area (Å²) in [5, 5.41) is 3.00. The highest BCUT2D eigenvalue weighted by Gasteiger charge is 2.09. The number of halogens is 1.